The fourth-order valence-electron chi connectivity index (χ4n) is 3.99. The maximum atomic E-state index is 6.34. The van der Waals surface area contributed by atoms with E-state index in [9.17, 15) is 0 Å². The highest BCUT2D eigenvalue weighted by atomic mass is 79.9. The third-order valence-corrected chi connectivity index (χ3v) is 6.35. The van der Waals surface area contributed by atoms with Crippen molar-refractivity contribution in [3.05, 3.63) is 60.7 Å². The quantitative estimate of drug-likeness (QED) is 0.536. The molecule has 1 aromatic carbocycles. The van der Waals surface area contributed by atoms with Crippen LogP contribution in [0.15, 0.2) is 44.5 Å². The third-order valence-electron chi connectivity index (χ3n) is 5.05. The number of rotatable bonds is 0. The Morgan fingerprint density at radius 2 is 1.83 bits per heavy atom. The van der Waals surface area contributed by atoms with Crippen LogP contribution >= 0.6 is 43.5 Å². The largest absolute Gasteiger partial charge is 0.379 e. The molecule has 1 fully saturated rings. The number of piperidine rings is 1. The summed E-state index contributed by atoms with van der Waals surface area (Å²) in [5.41, 5.74) is 7.17. The molecular weight excluding hydrogens is 451 g/mol. The lowest BCUT2D eigenvalue weighted by molar-refractivity contribution is 0.606. The molecule has 1 unspecified atom stereocenters. The molecule has 2 aliphatic heterocycles. The molecule has 1 aliphatic carbocycles. The first-order chi connectivity index (χ1) is 11.6. The number of hydrogen-bond acceptors (Lipinski definition) is 2. The molecule has 0 aromatic heterocycles. The molecule has 4 rings (SSSR count). The first-order valence-corrected chi connectivity index (χ1v) is 10.3. The van der Waals surface area contributed by atoms with E-state index >= 15 is 0 Å². The van der Waals surface area contributed by atoms with Gasteiger partial charge in [-0.3, -0.25) is 0 Å². The van der Waals surface area contributed by atoms with Gasteiger partial charge in [-0.15, -0.1) is 0 Å². The van der Waals surface area contributed by atoms with Crippen molar-refractivity contribution in [3.63, 3.8) is 0 Å². The zero-order valence-electron chi connectivity index (χ0n) is 13.3. The van der Waals surface area contributed by atoms with Gasteiger partial charge >= 0.3 is 0 Å². The number of aryl methyl sites for hydroxylation is 1. The van der Waals surface area contributed by atoms with E-state index in [0.717, 1.165) is 52.8 Å². The summed E-state index contributed by atoms with van der Waals surface area (Å²) in [6, 6.07) is 4.44. The maximum Gasteiger partial charge on any atom is 0.0731 e. The topological polar surface area (TPSA) is 24.1 Å². The Morgan fingerprint density at radius 3 is 2.62 bits per heavy atom. The second kappa shape index (κ2) is 6.99. The number of halogens is 3. The minimum atomic E-state index is 0.262. The normalized spacial score (nSPS) is 23.5. The SMILES string of the molecule is Clc1cc(Br)c2c(c1)CCC1=CC(Br)=CNC1C2=C1CCNCC1. The second-order valence-corrected chi connectivity index (χ2v) is 8.74. The van der Waals surface area contributed by atoms with Gasteiger partial charge in [-0.2, -0.15) is 0 Å². The summed E-state index contributed by atoms with van der Waals surface area (Å²) in [5, 5.41) is 7.91. The van der Waals surface area contributed by atoms with E-state index in [4.69, 9.17) is 11.6 Å². The predicted octanol–water partition coefficient (Wildman–Crippen LogP) is 5.32. The first-order valence-electron chi connectivity index (χ1n) is 8.36. The average Bonchev–Trinajstić information content (AvgIpc) is 2.72. The number of dihydropyridines is 1. The maximum absolute atomic E-state index is 6.34. The minimum absolute atomic E-state index is 0.262. The van der Waals surface area contributed by atoms with Crippen LogP contribution in [-0.4, -0.2) is 19.1 Å². The number of fused-ring (bicyclic) bond motifs is 2. The first kappa shape index (κ1) is 16.9. The zero-order valence-corrected chi connectivity index (χ0v) is 17.2. The second-order valence-electron chi connectivity index (χ2n) is 6.54. The van der Waals surface area contributed by atoms with Crippen molar-refractivity contribution in [2.24, 2.45) is 0 Å². The van der Waals surface area contributed by atoms with Crippen molar-refractivity contribution < 1.29 is 0 Å². The molecule has 1 saturated heterocycles. The summed E-state index contributed by atoms with van der Waals surface area (Å²) in [6.45, 7) is 2.12. The summed E-state index contributed by atoms with van der Waals surface area (Å²) < 4.78 is 2.23. The van der Waals surface area contributed by atoms with Gasteiger partial charge in [0.05, 0.1) is 6.04 Å². The molecule has 126 valence electrons. The lowest BCUT2D eigenvalue weighted by Gasteiger charge is -2.30. The Bertz CT molecular complexity index is 772. The molecule has 0 radical (unpaired) electrons. The molecule has 1 atom stereocenters. The Kier molecular flexibility index (Phi) is 4.92. The monoisotopic (exact) mass is 468 g/mol. The van der Waals surface area contributed by atoms with Gasteiger partial charge < -0.3 is 10.6 Å². The Hall–Kier alpha value is -0.550. The van der Waals surface area contributed by atoms with E-state index in [1.54, 1.807) is 5.57 Å². The van der Waals surface area contributed by atoms with Crippen molar-refractivity contribution in [2.75, 3.05) is 13.1 Å². The minimum Gasteiger partial charge on any atom is -0.379 e. The van der Waals surface area contributed by atoms with Crippen LogP contribution < -0.4 is 10.6 Å². The van der Waals surface area contributed by atoms with E-state index in [-0.39, 0.29) is 6.04 Å². The van der Waals surface area contributed by atoms with Crippen LogP contribution in [0, 0.1) is 0 Å². The lowest BCUT2D eigenvalue weighted by atomic mass is 9.85. The molecule has 0 amide bonds. The summed E-state index contributed by atoms with van der Waals surface area (Å²) in [6.07, 6.45) is 8.65. The standard InChI is InChI=1S/C19H19Br2ClN2/c20-14-7-13-2-1-12-8-15(22)9-16(21)17(12)18(19(13)24-10-14)11-3-5-23-6-4-11/h7-10,19,23-24H,1-6H2. The van der Waals surface area contributed by atoms with Crippen LogP contribution in [-0.2, 0) is 6.42 Å². The van der Waals surface area contributed by atoms with Crippen LogP contribution in [0.3, 0.4) is 0 Å². The Morgan fingerprint density at radius 1 is 1.04 bits per heavy atom. The molecule has 0 bridgehead atoms. The molecule has 1 aromatic rings. The molecule has 5 heteroatoms. The van der Waals surface area contributed by atoms with Gasteiger partial charge in [0.25, 0.3) is 0 Å². The summed E-state index contributed by atoms with van der Waals surface area (Å²) in [4.78, 5) is 0. The summed E-state index contributed by atoms with van der Waals surface area (Å²) in [7, 11) is 0. The molecule has 2 nitrogen and oxygen atoms in total. The molecule has 0 spiro atoms. The van der Waals surface area contributed by atoms with Crippen molar-refractivity contribution in [3.8, 4) is 0 Å². The van der Waals surface area contributed by atoms with Gasteiger partial charge in [0.15, 0.2) is 0 Å². The van der Waals surface area contributed by atoms with Crippen LogP contribution in [0.4, 0.5) is 0 Å². The van der Waals surface area contributed by atoms with Gasteiger partial charge in [0.1, 0.15) is 0 Å². The van der Waals surface area contributed by atoms with E-state index in [0.29, 0.717) is 0 Å². The lowest BCUT2D eigenvalue weighted by Crippen LogP contribution is -2.33. The fraction of sp³-hybridized carbons (Fsp3) is 0.368. The van der Waals surface area contributed by atoms with Gasteiger partial charge in [0.2, 0.25) is 0 Å². The van der Waals surface area contributed by atoms with Crippen molar-refractivity contribution in [1.29, 1.82) is 0 Å². The number of nitrogens with one attached hydrogen (secondary N) is 2. The number of hydrogen-bond donors (Lipinski definition) is 2. The van der Waals surface area contributed by atoms with Crippen LogP contribution in [0.2, 0.25) is 5.02 Å². The van der Waals surface area contributed by atoms with Crippen LogP contribution in [0.5, 0.6) is 0 Å². The van der Waals surface area contributed by atoms with E-state index in [1.165, 1.54) is 22.3 Å². The van der Waals surface area contributed by atoms with E-state index in [1.807, 2.05) is 6.07 Å². The van der Waals surface area contributed by atoms with Gasteiger partial charge in [-0.05, 0) is 95.2 Å². The molecule has 3 aliphatic rings. The fourth-order valence-corrected chi connectivity index (χ4v) is 5.50. The van der Waals surface area contributed by atoms with Crippen LogP contribution in [0.1, 0.15) is 30.4 Å². The Labute approximate surface area is 164 Å². The van der Waals surface area contributed by atoms with E-state index in [2.05, 4.69) is 60.8 Å². The highest BCUT2D eigenvalue weighted by molar-refractivity contribution is 9.12. The van der Waals surface area contributed by atoms with Crippen molar-refractivity contribution in [2.45, 2.75) is 31.7 Å². The number of benzene rings is 1. The van der Waals surface area contributed by atoms with Crippen molar-refractivity contribution >= 4 is 49.0 Å². The molecule has 2 N–H and O–H groups in total. The van der Waals surface area contributed by atoms with Gasteiger partial charge in [0, 0.05) is 20.2 Å². The van der Waals surface area contributed by atoms with Gasteiger partial charge in [-0.25, -0.2) is 0 Å². The predicted molar refractivity (Wildman–Crippen MR) is 109 cm³/mol. The summed E-state index contributed by atoms with van der Waals surface area (Å²) >= 11 is 13.8. The third kappa shape index (κ3) is 3.14. The highest BCUT2D eigenvalue weighted by Crippen LogP contribution is 2.43. The Balaban J connectivity index is 1.93. The molecule has 0 saturated carbocycles. The summed E-state index contributed by atoms with van der Waals surface area (Å²) in [5.74, 6) is 0. The van der Waals surface area contributed by atoms with Crippen LogP contribution in [0.25, 0.3) is 5.57 Å². The molecule has 24 heavy (non-hydrogen) atoms. The zero-order chi connectivity index (χ0) is 16.7. The average molecular weight is 471 g/mol. The van der Waals surface area contributed by atoms with Gasteiger partial charge in [-0.1, -0.05) is 33.1 Å². The highest BCUT2D eigenvalue weighted by Gasteiger charge is 2.31. The molecular formula is C19H19Br2ClN2. The van der Waals surface area contributed by atoms with E-state index < -0.39 is 0 Å². The molecule has 2 heterocycles. The van der Waals surface area contributed by atoms with Crippen molar-refractivity contribution in [1.82, 2.24) is 10.6 Å². The smallest absolute Gasteiger partial charge is 0.0731 e. The number of allylic oxidation sites excluding steroid dienone is 2.